The molecule has 0 atom stereocenters. The molecule has 0 amide bonds. The number of nitrogens with one attached hydrogen (secondary N) is 1. The minimum atomic E-state index is -0.519. The second-order valence-electron chi connectivity index (χ2n) is 6.15. The van der Waals surface area contributed by atoms with E-state index in [4.69, 9.17) is 4.42 Å². The minimum absolute atomic E-state index is 0.0312. The molecule has 7 nitrogen and oxygen atoms in total. The Morgan fingerprint density at radius 2 is 1.82 bits per heavy atom. The third kappa shape index (κ3) is 3.59. The molecule has 0 fully saturated rings. The van der Waals surface area contributed by atoms with Crippen LogP contribution in [0, 0.1) is 10.1 Å². The highest BCUT2D eigenvalue weighted by atomic mass is 16.6. The summed E-state index contributed by atoms with van der Waals surface area (Å²) < 4.78 is 5.74. The Hall–Kier alpha value is -4.00. The van der Waals surface area contributed by atoms with Crippen molar-refractivity contribution < 1.29 is 14.1 Å². The second kappa shape index (κ2) is 7.32. The maximum Gasteiger partial charge on any atom is 0.270 e. The lowest BCUT2D eigenvalue weighted by molar-refractivity contribution is -0.384. The molecular weight excluding hydrogens is 358 g/mol. The van der Waals surface area contributed by atoms with Crippen LogP contribution in [-0.4, -0.2) is 22.2 Å². The number of Topliss-reactive ketones (excluding diaryl/α,β-unsaturated/α-hetero) is 1. The van der Waals surface area contributed by atoms with Crippen LogP contribution in [-0.2, 0) is 0 Å². The van der Waals surface area contributed by atoms with E-state index in [0.717, 1.165) is 22.4 Å². The molecule has 0 saturated heterocycles. The highest BCUT2D eigenvalue weighted by Gasteiger charge is 2.12. The Morgan fingerprint density at radius 3 is 2.57 bits per heavy atom. The van der Waals surface area contributed by atoms with Crippen LogP contribution in [0.2, 0.25) is 0 Å². The van der Waals surface area contributed by atoms with Gasteiger partial charge in [-0.05, 0) is 36.4 Å². The molecule has 3 aromatic carbocycles. The molecule has 0 aliphatic heterocycles. The fourth-order valence-corrected chi connectivity index (χ4v) is 2.80. The molecule has 0 spiro atoms. The van der Waals surface area contributed by atoms with Gasteiger partial charge in [-0.3, -0.25) is 14.9 Å². The normalized spacial score (nSPS) is 10.7. The van der Waals surface area contributed by atoms with Crippen molar-refractivity contribution in [1.82, 2.24) is 4.98 Å². The molecule has 0 unspecified atom stereocenters. The van der Waals surface area contributed by atoms with Crippen molar-refractivity contribution in [3.8, 4) is 11.5 Å². The summed E-state index contributed by atoms with van der Waals surface area (Å²) in [5.74, 6) is 0.298. The fourth-order valence-electron chi connectivity index (χ4n) is 2.80. The van der Waals surface area contributed by atoms with Gasteiger partial charge in [-0.15, -0.1) is 0 Å². The smallest absolute Gasteiger partial charge is 0.270 e. The molecule has 138 valence electrons. The number of nitro groups is 1. The SMILES string of the molecule is O=C(CNc1ccc(-c2nc3ccccc3o2)cc1)c1cccc([N+](=O)[O-])c1. The number of fused-ring (bicyclic) bond motifs is 1. The highest BCUT2D eigenvalue weighted by molar-refractivity contribution is 5.99. The number of carbonyl (C=O) groups is 1. The number of hydrogen-bond donors (Lipinski definition) is 1. The van der Waals surface area contributed by atoms with E-state index in [1.54, 1.807) is 6.07 Å². The van der Waals surface area contributed by atoms with Crippen LogP contribution in [0.4, 0.5) is 11.4 Å². The first-order valence-corrected chi connectivity index (χ1v) is 8.58. The largest absolute Gasteiger partial charge is 0.436 e. The van der Waals surface area contributed by atoms with Crippen molar-refractivity contribution in [2.75, 3.05) is 11.9 Å². The Balaban J connectivity index is 1.44. The predicted octanol–water partition coefficient (Wildman–Crippen LogP) is 4.70. The summed E-state index contributed by atoms with van der Waals surface area (Å²) in [6.07, 6.45) is 0. The van der Waals surface area contributed by atoms with E-state index in [1.807, 2.05) is 48.5 Å². The third-order valence-corrected chi connectivity index (χ3v) is 4.26. The first-order valence-electron chi connectivity index (χ1n) is 8.58. The molecule has 4 aromatic rings. The van der Waals surface area contributed by atoms with E-state index in [2.05, 4.69) is 10.3 Å². The summed E-state index contributed by atoms with van der Waals surface area (Å²) in [4.78, 5) is 27.0. The number of hydrogen-bond acceptors (Lipinski definition) is 6. The van der Waals surface area contributed by atoms with E-state index in [9.17, 15) is 14.9 Å². The Kier molecular flexibility index (Phi) is 4.55. The summed E-state index contributed by atoms with van der Waals surface area (Å²) in [5, 5.41) is 13.9. The van der Waals surface area contributed by atoms with Gasteiger partial charge in [0.25, 0.3) is 5.69 Å². The highest BCUT2D eigenvalue weighted by Crippen LogP contribution is 2.25. The van der Waals surface area contributed by atoms with Crippen LogP contribution in [0.5, 0.6) is 0 Å². The number of rotatable bonds is 6. The lowest BCUT2D eigenvalue weighted by atomic mass is 10.1. The lowest BCUT2D eigenvalue weighted by Gasteiger charge is -2.06. The summed E-state index contributed by atoms with van der Waals surface area (Å²) in [6, 6.07) is 20.6. The van der Waals surface area contributed by atoms with E-state index in [1.165, 1.54) is 18.2 Å². The quantitative estimate of drug-likeness (QED) is 0.299. The van der Waals surface area contributed by atoms with E-state index >= 15 is 0 Å². The van der Waals surface area contributed by atoms with Gasteiger partial charge in [-0.25, -0.2) is 4.98 Å². The standard InChI is InChI=1S/C21H15N3O4/c25-19(15-4-3-5-17(12-15)24(26)27)13-22-16-10-8-14(9-11-16)21-23-18-6-1-2-7-20(18)28-21/h1-12,22H,13H2. The molecule has 0 bridgehead atoms. The van der Waals surface area contributed by atoms with Crippen molar-refractivity contribution in [1.29, 1.82) is 0 Å². The predicted molar refractivity (Wildman–Crippen MR) is 105 cm³/mol. The van der Waals surface area contributed by atoms with Gasteiger partial charge >= 0.3 is 0 Å². The van der Waals surface area contributed by atoms with E-state index < -0.39 is 4.92 Å². The number of non-ortho nitro benzene ring substituents is 1. The van der Waals surface area contributed by atoms with Crippen molar-refractivity contribution in [2.45, 2.75) is 0 Å². The average Bonchev–Trinajstić information content (AvgIpc) is 3.16. The molecule has 0 radical (unpaired) electrons. The number of aromatic nitrogens is 1. The number of para-hydroxylation sites is 2. The van der Waals surface area contributed by atoms with Crippen LogP contribution in [0.1, 0.15) is 10.4 Å². The zero-order valence-corrected chi connectivity index (χ0v) is 14.7. The van der Waals surface area contributed by atoms with Crippen LogP contribution in [0.15, 0.2) is 77.2 Å². The zero-order chi connectivity index (χ0) is 19.5. The van der Waals surface area contributed by atoms with E-state index in [0.29, 0.717) is 11.5 Å². The van der Waals surface area contributed by atoms with Gasteiger partial charge in [0.2, 0.25) is 5.89 Å². The van der Waals surface area contributed by atoms with E-state index in [-0.39, 0.29) is 18.0 Å². The van der Waals surface area contributed by atoms with Crippen molar-refractivity contribution in [3.63, 3.8) is 0 Å². The van der Waals surface area contributed by atoms with Gasteiger partial charge in [-0.1, -0.05) is 24.3 Å². The first kappa shape index (κ1) is 17.4. The van der Waals surface area contributed by atoms with Crippen molar-refractivity contribution in [2.24, 2.45) is 0 Å². The van der Waals surface area contributed by atoms with Gasteiger partial charge in [0.1, 0.15) is 5.52 Å². The maximum atomic E-state index is 12.3. The molecule has 0 aliphatic rings. The van der Waals surface area contributed by atoms with Crippen molar-refractivity contribution in [3.05, 3.63) is 88.5 Å². The van der Waals surface area contributed by atoms with Gasteiger partial charge in [0.15, 0.2) is 11.4 Å². The summed E-state index contributed by atoms with van der Waals surface area (Å²) in [6.45, 7) is 0.0312. The van der Waals surface area contributed by atoms with Gasteiger partial charge in [0, 0.05) is 28.9 Å². The second-order valence-corrected chi connectivity index (χ2v) is 6.15. The summed E-state index contributed by atoms with van der Waals surface area (Å²) in [5.41, 5.74) is 3.29. The number of benzene rings is 3. The number of nitro benzene ring substituents is 1. The lowest BCUT2D eigenvalue weighted by Crippen LogP contribution is -2.14. The van der Waals surface area contributed by atoms with Crippen LogP contribution >= 0.6 is 0 Å². The molecular formula is C21H15N3O4. The Labute approximate surface area is 159 Å². The number of oxazole rings is 1. The molecule has 1 N–H and O–H groups in total. The third-order valence-electron chi connectivity index (χ3n) is 4.26. The van der Waals surface area contributed by atoms with Crippen molar-refractivity contribution >= 4 is 28.3 Å². The van der Waals surface area contributed by atoms with Gasteiger partial charge in [0.05, 0.1) is 11.5 Å². The summed E-state index contributed by atoms with van der Waals surface area (Å²) >= 11 is 0. The average molecular weight is 373 g/mol. The topological polar surface area (TPSA) is 98.3 Å². The van der Waals surface area contributed by atoms with Crippen LogP contribution in [0.25, 0.3) is 22.6 Å². The van der Waals surface area contributed by atoms with Gasteiger partial charge < -0.3 is 9.73 Å². The molecule has 0 saturated carbocycles. The fraction of sp³-hybridized carbons (Fsp3) is 0.0476. The number of carbonyl (C=O) groups excluding carboxylic acids is 1. The Bertz CT molecular complexity index is 1130. The van der Waals surface area contributed by atoms with Crippen LogP contribution in [0.3, 0.4) is 0 Å². The molecule has 28 heavy (non-hydrogen) atoms. The monoisotopic (exact) mass is 373 g/mol. The number of anilines is 1. The molecule has 0 aliphatic carbocycles. The number of ketones is 1. The van der Waals surface area contributed by atoms with Crippen LogP contribution < -0.4 is 5.32 Å². The maximum absolute atomic E-state index is 12.3. The first-order chi connectivity index (χ1) is 13.6. The molecule has 4 rings (SSSR count). The van der Waals surface area contributed by atoms with Gasteiger partial charge in [-0.2, -0.15) is 0 Å². The molecule has 1 heterocycles. The summed E-state index contributed by atoms with van der Waals surface area (Å²) in [7, 11) is 0. The number of nitrogens with zero attached hydrogens (tertiary/aromatic N) is 2. The minimum Gasteiger partial charge on any atom is -0.436 e. The molecule has 7 heteroatoms. The molecule has 1 aromatic heterocycles. The Morgan fingerprint density at radius 1 is 1.04 bits per heavy atom. The zero-order valence-electron chi connectivity index (χ0n) is 14.7.